The summed E-state index contributed by atoms with van der Waals surface area (Å²) < 4.78 is 0. The molecule has 92 valence electrons. The number of carbonyl (C=O) groups is 2. The molecule has 7 nitrogen and oxygen atoms in total. The van der Waals surface area contributed by atoms with Gasteiger partial charge in [0.25, 0.3) is 5.69 Å². The summed E-state index contributed by atoms with van der Waals surface area (Å²) in [4.78, 5) is 32.5. The third-order valence-corrected chi connectivity index (χ3v) is 2.11. The molecular formula is C11H9N3O4. The smallest absolute Gasteiger partial charge is 0.270 e. The molecule has 0 bridgehead atoms. The number of anilines is 1. The number of nitriles is 1. The van der Waals surface area contributed by atoms with E-state index in [1.54, 1.807) is 6.07 Å². The number of nitrogens with one attached hydrogen (secondary N) is 1. The molecule has 1 amide bonds. The Morgan fingerprint density at radius 2 is 2.17 bits per heavy atom. The van der Waals surface area contributed by atoms with E-state index in [0.29, 0.717) is 0 Å². The summed E-state index contributed by atoms with van der Waals surface area (Å²) >= 11 is 0. The third-order valence-electron chi connectivity index (χ3n) is 2.11. The van der Waals surface area contributed by atoms with Crippen molar-refractivity contribution in [3.8, 4) is 6.07 Å². The largest absolute Gasteiger partial charge is 0.325 e. The van der Waals surface area contributed by atoms with E-state index in [9.17, 15) is 19.7 Å². The van der Waals surface area contributed by atoms with E-state index >= 15 is 0 Å². The van der Waals surface area contributed by atoms with Crippen LogP contribution in [-0.2, 0) is 4.79 Å². The highest BCUT2D eigenvalue weighted by Gasteiger charge is 2.15. The van der Waals surface area contributed by atoms with Crippen molar-refractivity contribution < 1.29 is 14.5 Å². The van der Waals surface area contributed by atoms with E-state index in [2.05, 4.69) is 5.32 Å². The van der Waals surface area contributed by atoms with Crippen LogP contribution in [0.3, 0.4) is 0 Å². The van der Waals surface area contributed by atoms with Crippen molar-refractivity contribution in [3.63, 3.8) is 0 Å². The number of carbonyl (C=O) groups excluding carboxylic acids is 2. The minimum Gasteiger partial charge on any atom is -0.325 e. The molecule has 7 heteroatoms. The summed E-state index contributed by atoms with van der Waals surface area (Å²) in [5, 5.41) is 21.3. The second-order valence-electron chi connectivity index (χ2n) is 3.43. The highest BCUT2D eigenvalue weighted by molar-refractivity contribution is 6.04. The van der Waals surface area contributed by atoms with Crippen LogP contribution >= 0.6 is 0 Å². The summed E-state index contributed by atoms with van der Waals surface area (Å²) in [5.41, 5.74) is -0.0395. The van der Waals surface area contributed by atoms with Crippen LogP contribution in [0.2, 0.25) is 0 Å². The number of hydrogen-bond donors (Lipinski definition) is 1. The third kappa shape index (κ3) is 3.12. The van der Waals surface area contributed by atoms with Crippen LogP contribution in [0.15, 0.2) is 18.2 Å². The minimum absolute atomic E-state index is 0.0375. The number of hydrogen-bond acceptors (Lipinski definition) is 5. The second-order valence-corrected chi connectivity index (χ2v) is 3.43. The van der Waals surface area contributed by atoms with Gasteiger partial charge in [0.1, 0.15) is 6.42 Å². The van der Waals surface area contributed by atoms with Gasteiger partial charge in [-0.1, -0.05) is 0 Å². The summed E-state index contributed by atoms with van der Waals surface area (Å²) in [6.07, 6.45) is -0.353. The first-order valence-electron chi connectivity index (χ1n) is 4.92. The fraction of sp³-hybridized carbons (Fsp3) is 0.182. The number of amides is 1. The van der Waals surface area contributed by atoms with Gasteiger partial charge in [-0.15, -0.1) is 0 Å². The van der Waals surface area contributed by atoms with Crippen molar-refractivity contribution in [1.29, 1.82) is 5.26 Å². The lowest BCUT2D eigenvalue weighted by Crippen LogP contribution is -2.13. The molecule has 0 fully saturated rings. The average molecular weight is 247 g/mol. The number of Topliss-reactive ketones (excluding diaryl/α,β-unsaturated/α-hetero) is 1. The Kier molecular flexibility index (Phi) is 4.10. The Morgan fingerprint density at radius 3 is 2.67 bits per heavy atom. The van der Waals surface area contributed by atoms with Crippen LogP contribution in [0.4, 0.5) is 11.4 Å². The van der Waals surface area contributed by atoms with Gasteiger partial charge in [-0.25, -0.2) is 0 Å². The van der Waals surface area contributed by atoms with Crippen molar-refractivity contribution in [1.82, 2.24) is 0 Å². The normalized spacial score (nSPS) is 9.33. The predicted octanol–water partition coefficient (Wildman–Crippen LogP) is 1.65. The van der Waals surface area contributed by atoms with Crippen LogP contribution in [0.5, 0.6) is 0 Å². The first kappa shape index (κ1) is 13.3. The molecule has 0 aliphatic carbocycles. The van der Waals surface area contributed by atoms with Crippen molar-refractivity contribution in [2.75, 3.05) is 5.32 Å². The van der Waals surface area contributed by atoms with Crippen LogP contribution < -0.4 is 5.32 Å². The van der Waals surface area contributed by atoms with E-state index in [1.807, 2.05) is 0 Å². The first-order valence-corrected chi connectivity index (χ1v) is 4.92. The monoisotopic (exact) mass is 247 g/mol. The molecule has 0 aliphatic rings. The van der Waals surface area contributed by atoms with Gasteiger partial charge in [-0.2, -0.15) is 5.26 Å². The van der Waals surface area contributed by atoms with Crippen molar-refractivity contribution >= 4 is 23.1 Å². The van der Waals surface area contributed by atoms with E-state index < -0.39 is 16.6 Å². The summed E-state index contributed by atoms with van der Waals surface area (Å²) in [6, 6.07) is 5.19. The van der Waals surface area contributed by atoms with Crippen LogP contribution in [0, 0.1) is 21.4 Å². The zero-order chi connectivity index (χ0) is 13.7. The molecular weight excluding hydrogens is 238 g/mol. The van der Waals surface area contributed by atoms with Gasteiger partial charge in [0.05, 0.1) is 16.7 Å². The molecule has 18 heavy (non-hydrogen) atoms. The Morgan fingerprint density at radius 1 is 1.50 bits per heavy atom. The van der Waals surface area contributed by atoms with Gasteiger partial charge in [0.2, 0.25) is 5.91 Å². The SMILES string of the molecule is CC(=O)c1cc([N+](=O)[O-])ccc1NC(=O)CC#N. The fourth-order valence-corrected chi connectivity index (χ4v) is 1.31. The molecule has 0 aliphatic heterocycles. The van der Waals surface area contributed by atoms with Crippen LogP contribution in [-0.4, -0.2) is 16.6 Å². The fourth-order valence-electron chi connectivity index (χ4n) is 1.31. The first-order chi connectivity index (χ1) is 8.45. The lowest BCUT2D eigenvalue weighted by molar-refractivity contribution is -0.384. The van der Waals surface area contributed by atoms with Crippen molar-refractivity contribution in [3.05, 3.63) is 33.9 Å². The number of benzene rings is 1. The van der Waals surface area contributed by atoms with Crippen LogP contribution in [0.25, 0.3) is 0 Å². The second kappa shape index (κ2) is 5.54. The molecule has 0 saturated carbocycles. The van der Waals surface area contributed by atoms with Crippen molar-refractivity contribution in [2.45, 2.75) is 13.3 Å². The Labute approximate surface area is 102 Å². The van der Waals surface area contributed by atoms with Crippen molar-refractivity contribution in [2.24, 2.45) is 0 Å². The molecule has 1 aromatic rings. The Hall–Kier alpha value is -2.75. The molecule has 1 rings (SSSR count). The van der Waals surface area contributed by atoms with E-state index in [1.165, 1.54) is 19.1 Å². The van der Waals surface area contributed by atoms with Gasteiger partial charge < -0.3 is 5.32 Å². The number of non-ortho nitro benzene ring substituents is 1. The maximum absolute atomic E-state index is 11.3. The number of ketones is 1. The lowest BCUT2D eigenvalue weighted by atomic mass is 10.1. The maximum Gasteiger partial charge on any atom is 0.270 e. The van der Waals surface area contributed by atoms with E-state index in [4.69, 9.17) is 5.26 Å². The highest BCUT2D eigenvalue weighted by atomic mass is 16.6. The van der Waals surface area contributed by atoms with Crippen LogP contribution in [0.1, 0.15) is 23.7 Å². The average Bonchev–Trinajstić information content (AvgIpc) is 2.29. The van der Waals surface area contributed by atoms with Gasteiger partial charge in [0, 0.05) is 17.7 Å². The zero-order valence-corrected chi connectivity index (χ0v) is 9.47. The van der Waals surface area contributed by atoms with Gasteiger partial charge in [-0.3, -0.25) is 19.7 Å². The molecule has 0 aromatic heterocycles. The quantitative estimate of drug-likeness (QED) is 0.493. The number of nitrogens with zero attached hydrogens (tertiary/aromatic N) is 2. The highest BCUT2D eigenvalue weighted by Crippen LogP contribution is 2.22. The Balaban J connectivity index is 3.12. The summed E-state index contributed by atoms with van der Waals surface area (Å²) in [6.45, 7) is 1.24. The molecule has 0 spiro atoms. The molecule has 0 atom stereocenters. The number of rotatable bonds is 4. The molecule has 0 saturated heterocycles. The van der Waals surface area contributed by atoms with E-state index in [-0.39, 0.29) is 23.4 Å². The summed E-state index contributed by atoms with van der Waals surface area (Å²) in [5.74, 6) is -0.986. The lowest BCUT2D eigenvalue weighted by Gasteiger charge is -2.07. The number of nitro groups is 1. The minimum atomic E-state index is -0.632. The molecule has 1 aromatic carbocycles. The molecule has 0 radical (unpaired) electrons. The topological polar surface area (TPSA) is 113 Å². The summed E-state index contributed by atoms with van der Waals surface area (Å²) in [7, 11) is 0. The zero-order valence-electron chi connectivity index (χ0n) is 9.47. The molecule has 0 heterocycles. The van der Waals surface area contributed by atoms with Gasteiger partial charge in [-0.05, 0) is 13.0 Å². The Bertz CT molecular complexity index is 560. The van der Waals surface area contributed by atoms with E-state index in [0.717, 1.165) is 6.07 Å². The molecule has 0 unspecified atom stereocenters. The van der Waals surface area contributed by atoms with Gasteiger partial charge in [0.15, 0.2) is 5.78 Å². The standard InChI is InChI=1S/C11H9N3O4/c1-7(15)9-6-8(14(17)18)2-3-10(9)13-11(16)4-5-12/h2-3,6H,4H2,1H3,(H,13,16). The van der Waals surface area contributed by atoms with Gasteiger partial charge >= 0.3 is 0 Å². The maximum atomic E-state index is 11.3. The number of nitro benzene ring substituents is 1. The predicted molar refractivity (Wildman–Crippen MR) is 62.0 cm³/mol. The molecule has 1 N–H and O–H groups in total.